The molecular weight excluding hydrogens is 254 g/mol. The van der Waals surface area contributed by atoms with Crippen molar-refractivity contribution in [1.82, 2.24) is 5.32 Å². The highest BCUT2D eigenvalue weighted by Crippen LogP contribution is 2.23. The quantitative estimate of drug-likeness (QED) is 0.691. The summed E-state index contributed by atoms with van der Waals surface area (Å²) in [4.78, 5) is 14.4. The summed E-state index contributed by atoms with van der Waals surface area (Å²) < 4.78 is 0. The molecule has 0 aliphatic heterocycles. The smallest absolute Gasteiger partial charge is 0.253 e. The first-order valence-electron chi connectivity index (χ1n) is 6.83. The first kappa shape index (κ1) is 16.3. The van der Waals surface area contributed by atoms with Crippen molar-refractivity contribution >= 4 is 17.3 Å². The minimum atomic E-state index is -0.417. The molecule has 1 unspecified atom stereocenters. The van der Waals surface area contributed by atoms with E-state index in [0.717, 1.165) is 12.1 Å². The molecule has 0 saturated heterocycles. The maximum absolute atomic E-state index is 12.5. The predicted octanol–water partition coefficient (Wildman–Crippen LogP) is 1.62. The number of aliphatic hydroxyl groups excluding tert-OH is 1. The molecule has 0 radical (unpaired) electrons. The van der Waals surface area contributed by atoms with Crippen LogP contribution in [-0.4, -0.2) is 37.3 Å². The van der Waals surface area contributed by atoms with Crippen LogP contribution >= 0.6 is 0 Å². The molecule has 0 saturated carbocycles. The molecule has 1 aromatic rings. The normalized spacial score (nSPS) is 13.7. The average Bonchev–Trinajstić information content (AvgIpc) is 2.38. The van der Waals surface area contributed by atoms with E-state index in [2.05, 4.69) is 5.32 Å². The Morgan fingerprint density at radius 3 is 2.60 bits per heavy atom. The molecule has 5 heteroatoms. The number of benzene rings is 1. The zero-order chi connectivity index (χ0) is 15.3. The van der Waals surface area contributed by atoms with Crippen molar-refractivity contribution in [2.75, 3.05) is 31.3 Å². The van der Waals surface area contributed by atoms with Crippen LogP contribution in [0, 0.1) is 0 Å². The summed E-state index contributed by atoms with van der Waals surface area (Å²) >= 11 is 0. The average molecular weight is 279 g/mol. The van der Waals surface area contributed by atoms with Gasteiger partial charge >= 0.3 is 0 Å². The van der Waals surface area contributed by atoms with Crippen molar-refractivity contribution in [3.63, 3.8) is 0 Å². The number of hydrogen-bond donors (Lipinski definition) is 3. The Morgan fingerprint density at radius 1 is 1.45 bits per heavy atom. The third kappa shape index (κ3) is 3.87. The van der Waals surface area contributed by atoms with Gasteiger partial charge in [0.25, 0.3) is 5.91 Å². The van der Waals surface area contributed by atoms with E-state index < -0.39 is 5.54 Å². The molecule has 5 nitrogen and oxygen atoms in total. The standard InChI is InChI=1S/C15H25N3O2/c1-5-15(2,8-9-19)17-14(20)12-10-11(16)6-7-13(12)18(3)4/h6-7,10,19H,5,8-9,16H2,1-4H3,(H,17,20). The maximum Gasteiger partial charge on any atom is 0.253 e. The fraction of sp³-hybridized carbons (Fsp3) is 0.533. The SMILES string of the molecule is CCC(C)(CCO)NC(=O)c1cc(N)ccc1N(C)C. The van der Waals surface area contributed by atoms with Gasteiger partial charge in [0.05, 0.1) is 5.56 Å². The van der Waals surface area contributed by atoms with Crippen LogP contribution in [0.25, 0.3) is 0 Å². The van der Waals surface area contributed by atoms with Gasteiger partial charge in [0.2, 0.25) is 0 Å². The molecule has 1 rings (SSSR count). The van der Waals surface area contributed by atoms with Crippen LogP contribution in [0.5, 0.6) is 0 Å². The van der Waals surface area contributed by atoms with Gasteiger partial charge in [0.1, 0.15) is 0 Å². The minimum absolute atomic E-state index is 0.0437. The molecule has 0 aliphatic rings. The zero-order valence-electron chi connectivity index (χ0n) is 12.7. The number of hydrogen-bond acceptors (Lipinski definition) is 4. The molecule has 1 atom stereocenters. The molecule has 0 heterocycles. The molecule has 0 bridgehead atoms. The number of carbonyl (C=O) groups excluding carboxylic acids is 1. The number of carbonyl (C=O) groups is 1. The van der Waals surface area contributed by atoms with E-state index in [1.54, 1.807) is 12.1 Å². The van der Waals surface area contributed by atoms with Gasteiger partial charge in [-0.05, 0) is 38.0 Å². The highest BCUT2D eigenvalue weighted by Gasteiger charge is 2.25. The summed E-state index contributed by atoms with van der Waals surface area (Å²) in [5.41, 5.74) is 7.29. The second-order valence-electron chi connectivity index (χ2n) is 5.51. The van der Waals surface area contributed by atoms with E-state index in [1.165, 1.54) is 0 Å². The van der Waals surface area contributed by atoms with Gasteiger partial charge in [-0.2, -0.15) is 0 Å². The van der Waals surface area contributed by atoms with E-state index in [0.29, 0.717) is 17.7 Å². The monoisotopic (exact) mass is 279 g/mol. The van der Waals surface area contributed by atoms with Gasteiger partial charge in [-0.15, -0.1) is 0 Å². The van der Waals surface area contributed by atoms with E-state index in [-0.39, 0.29) is 12.5 Å². The first-order valence-corrected chi connectivity index (χ1v) is 6.83. The Bertz CT molecular complexity index is 474. The molecule has 0 aromatic heterocycles. The molecular formula is C15H25N3O2. The van der Waals surface area contributed by atoms with E-state index >= 15 is 0 Å². The Labute approximate surface area is 120 Å². The Balaban J connectivity index is 3.05. The summed E-state index contributed by atoms with van der Waals surface area (Å²) in [7, 11) is 3.77. The maximum atomic E-state index is 12.5. The second kappa shape index (κ2) is 6.61. The fourth-order valence-corrected chi connectivity index (χ4v) is 2.04. The number of aliphatic hydroxyl groups is 1. The number of nitrogens with two attached hydrogens (primary N) is 1. The van der Waals surface area contributed by atoms with E-state index in [4.69, 9.17) is 10.8 Å². The van der Waals surface area contributed by atoms with Crippen LogP contribution < -0.4 is 16.0 Å². The minimum Gasteiger partial charge on any atom is -0.399 e. The molecule has 1 aromatic carbocycles. The molecule has 1 amide bonds. The highest BCUT2D eigenvalue weighted by molar-refractivity contribution is 6.01. The van der Waals surface area contributed by atoms with Crippen molar-refractivity contribution in [2.45, 2.75) is 32.2 Å². The molecule has 4 N–H and O–H groups in total. The van der Waals surface area contributed by atoms with Crippen LogP contribution in [-0.2, 0) is 0 Å². The summed E-state index contributed by atoms with van der Waals surface area (Å²) in [6.07, 6.45) is 1.27. The number of rotatable bonds is 6. The number of amides is 1. The molecule has 20 heavy (non-hydrogen) atoms. The van der Waals surface area contributed by atoms with Crippen LogP contribution in [0.4, 0.5) is 11.4 Å². The first-order chi connectivity index (χ1) is 9.33. The van der Waals surface area contributed by atoms with Gasteiger partial charge < -0.3 is 21.1 Å². The third-order valence-electron chi connectivity index (χ3n) is 3.61. The largest absolute Gasteiger partial charge is 0.399 e. The zero-order valence-corrected chi connectivity index (χ0v) is 12.7. The predicted molar refractivity (Wildman–Crippen MR) is 83.0 cm³/mol. The van der Waals surface area contributed by atoms with E-state index in [1.807, 2.05) is 38.9 Å². The Morgan fingerprint density at radius 2 is 2.10 bits per heavy atom. The summed E-state index contributed by atoms with van der Waals surface area (Å²) in [6, 6.07) is 5.29. The van der Waals surface area contributed by atoms with Crippen LogP contribution in [0.15, 0.2) is 18.2 Å². The van der Waals surface area contributed by atoms with Crippen molar-refractivity contribution in [3.8, 4) is 0 Å². The number of nitrogens with zero attached hydrogens (tertiary/aromatic N) is 1. The fourth-order valence-electron chi connectivity index (χ4n) is 2.04. The van der Waals surface area contributed by atoms with Crippen molar-refractivity contribution in [2.24, 2.45) is 0 Å². The molecule has 112 valence electrons. The van der Waals surface area contributed by atoms with E-state index in [9.17, 15) is 4.79 Å². The van der Waals surface area contributed by atoms with Crippen LogP contribution in [0.2, 0.25) is 0 Å². The van der Waals surface area contributed by atoms with Crippen molar-refractivity contribution in [3.05, 3.63) is 23.8 Å². The van der Waals surface area contributed by atoms with Gasteiger partial charge in [0, 0.05) is 37.6 Å². The lowest BCUT2D eigenvalue weighted by Gasteiger charge is -2.30. The third-order valence-corrected chi connectivity index (χ3v) is 3.61. The summed E-state index contributed by atoms with van der Waals surface area (Å²) in [5, 5.41) is 12.1. The van der Waals surface area contributed by atoms with Crippen molar-refractivity contribution < 1.29 is 9.90 Å². The van der Waals surface area contributed by atoms with Crippen LogP contribution in [0.1, 0.15) is 37.0 Å². The van der Waals surface area contributed by atoms with Gasteiger partial charge in [0.15, 0.2) is 0 Å². The Hall–Kier alpha value is -1.75. The molecule has 0 fully saturated rings. The summed E-state index contributed by atoms with van der Waals surface area (Å²) in [5.74, 6) is -0.168. The number of nitrogens with one attached hydrogen (secondary N) is 1. The van der Waals surface area contributed by atoms with Gasteiger partial charge in [-0.3, -0.25) is 4.79 Å². The molecule has 0 aliphatic carbocycles. The van der Waals surface area contributed by atoms with Gasteiger partial charge in [-0.25, -0.2) is 0 Å². The van der Waals surface area contributed by atoms with Crippen molar-refractivity contribution in [1.29, 1.82) is 0 Å². The van der Waals surface area contributed by atoms with Crippen LogP contribution in [0.3, 0.4) is 0 Å². The lowest BCUT2D eigenvalue weighted by atomic mass is 9.94. The highest BCUT2D eigenvalue weighted by atomic mass is 16.3. The lowest BCUT2D eigenvalue weighted by Crippen LogP contribution is -2.46. The lowest BCUT2D eigenvalue weighted by molar-refractivity contribution is 0.0887. The Kier molecular flexibility index (Phi) is 5.39. The number of anilines is 2. The second-order valence-corrected chi connectivity index (χ2v) is 5.51. The molecule has 0 spiro atoms. The summed E-state index contributed by atoms with van der Waals surface area (Å²) in [6.45, 7) is 3.97. The topological polar surface area (TPSA) is 78.6 Å². The van der Waals surface area contributed by atoms with Gasteiger partial charge in [-0.1, -0.05) is 6.92 Å². The number of nitrogen functional groups attached to an aromatic ring is 1.